The third kappa shape index (κ3) is 3.36. The van der Waals surface area contributed by atoms with Crippen LogP contribution in [0.1, 0.15) is 50.0 Å². The fraction of sp³-hybridized carbons (Fsp3) is 0.529. The molecule has 0 unspecified atom stereocenters. The van der Waals surface area contributed by atoms with Crippen molar-refractivity contribution in [2.75, 3.05) is 13.2 Å². The summed E-state index contributed by atoms with van der Waals surface area (Å²) < 4.78 is 6.00. The summed E-state index contributed by atoms with van der Waals surface area (Å²) in [5.41, 5.74) is 1.24. The maximum absolute atomic E-state index is 6.00. The minimum atomic E-state index is 0.130. The zero-order chi connectivity index (χ0) is 15.5. The summed E-state index contributed by atoms with van der Waals surface area (Å²) in [7, 11) is 0. The summed E-state index contributed by atoms with van der Waals surface area (Å²) >= 11 is 0. The highest BCUT2D eigenvalue weighted by atomic mass is 16.5. The van der Waals surface area contributed by atoms with E-state index in [2.05, 4.69) is 65.1 Å². The maximum Gasteiger partial charge on any atom is 0.153 e. The number of ether oxygens (including phenoxy) is 1. The molecule has 0 amide bonds. The summed E-state index contributed by atoms with van der Waals surface area (Å²) in [5, 5.41) is 7.36. The second-order valence-electron chi connectivity index (χ2n) is 6.31. The molecule has 1 aromatic heterocycles. The van der Waals surface area contributed by atoms with Crippen molar-refractivity contribution in [2.45, 2.75) is 45.4 Å². The highest BCUT2D eigenvalue weighted by Gasteiger charge is 2.27. The number of benzene rings is 1. The van der Waals surface area contributed by atoms with E-state index in [4.69, 9.17) is 4.74 Å². The smallest absolute Gasteiger partial charge is 0.153 e. The van der Waals surface area contributed by atoms with Gasteiger partial charge in [0.05, 0.1) is 19.3 Å². The van der Waals surface area contributed by atoms with Gasteiger partial charge in [-0.3, -0.25) is 10.00 Å². The molecule has 1 aromatic carbocycles. The van der Waals surface area contributed by atoms with Crippen molar-refractivity contribution in [2.24, 2.45) is 0 Å². The molecule has 0 bridgehead atoms. The average molecular weight is 300 g/mol. The topological polar surface area (TPSA) is 54.0 Å². The summed E-state index contributed by atoms with van der Waals surface area (Å²) in [4.78, 5) is 7.00. The molecule has 1 aliphatic rings. The number of hydrogen-bond acceptors (Lipinski definition) is 4. The van der Waals surface area contributed by atoms with E-state index in [-0.39, 0.29) is 6.10 Å². The van der Waals surface area contributed by atoms with E-state index in [0.29, 0.717) is 12.0 Å². The van der Waals surface area contributed by atoms with Crippen LogP contribution in [0.4, 0.5) is 0 Å². The van der Waals surface area contributed by atoms with E-state index in [1.54, 1.807) is 0 Å². The van der Waals surface area contributed by atoms with Gasteiger partial charge < -0.3 is 4.74 Å². The van der Waals surface area contributed by atoms with Crippen LogP contribution in [0, 0.1) is 0 Å². The van der Waals surface area contributed by atoms with Gasteiger partial charge in [-0.2, -0.15) is 5.10 Å². The number of nitrogens with zero attached hydrogens (tertiary/aromatic N) is 3. The van der Waals surface area contributed by atoms with E-state index in [9.17, 15) is 0 Å². The van der Waals surface area contributed by atoms with Crippen LogP contribution in [0.2, 0.25) is 0 Å². The lowest BCUT2D eigenvalue weighted by atomic mass is 10.1. The van der Waals surface area contributed by atoms with Crippen LogP contribution in [0.25, 0.3) is 0 Å². The molecule has 1 N–H and O–H groups in total. The fourth-order valence-electron chi connectivity index (χ4n) is 2.73. The Morgan fingerprint density at radius 1 is 1.32 bits per heavy atom. The van der Waals surface area contributed by atoms with Crippen LogP contribution in [0.5, 0.6) is 0 Å². The predicted octanol–water partition coefficient (Wildman–Crippen LogP) is 2.89. The SMILES string of the molecule is CC(C)c1n[nH]c(CN2C[C@H](c3ccccc3)OC[C@@H]2C)n1. The van der Waals surface area contributed by atoms with Gasteiger partial charge in [0.1, 0.15) is 5.82 Å². The second-order valence-corrected chi connectivity index (χ2v) is 6.31. The molecule has 1 aliphatic heterocycles. The molecule has 2 aromatic rings. The van der Waals surface area contributed by atoms with Crippen LogP contribution in [-0.2, 0) is 11.3 Å². The van der Waals surface area contributed by atoms with Gasteiger partial charge in [0.25, 0.3) is 0 Å². The molecule has 1 fully saturated rings. The molecule has 0 aliphatic carbocycles. The van der Waals surface area contributed by atoms with Gasteiger partial charge >= 0.3 is 0 Å². The number of H-pyrrole nitrogens is 1. The highest BCUT2D eigenvalue weighted by molar-refractivity contribution is 5.18. The lowest BCUT2D eigenvalue weighted by Crippen LogP contribution is -2.44. The number of morpholine rings is 1. The van der Waals surface area contributed by atoms with Gasteiger partial charge in [-0.25, -0.2) is 4.98 Å². The van der Waals surface area contributed by atoms with Crippen LogP contribution in [-0.4, -0.2) is 39.3 Å². The van der Waals surface area contributed by atoms with Gasteiger partial charge in [-0.05, 0) is 12.5 Å². The molecule has 5 heteroatoms. The van der Waals surface area contributed by atoms with E-state index in [0.717, 1.165) is 31.3 Å². The Morgan fingerprint density at radius 2 is 2.09 bits per heavy atom. The fourth-order valence-corrected chi connectivity index (χ4v) is 2.73. The first-order valence-corrected chi connectivity index (χ1v) is 7.95. The van der Waals surface area contributed by atoms with E-state index in [1.165, 1.54) is 5.56 Å². The zero-order valence-electron chi connectivity index (χ0n) is 13.5. The van der Waals surface area contributed by atoms with Gasteiger partial charge in [-0.15, -0.1) is 0 Å². The number of hydrogen-bond donors (Lipinski definition) is 1. The molecule has 0 radical (unpaired) electrons. The number of aromatic amines is 1. The number of aromatic nitrogens is 3. The van der Waals surface area contributed by atoms with Crippen molar-refractivity contribution in [1.29, 1.82) is 0 Å². The molecule has 2 heterocycles. The number of rotatable bonds is 4. The van der Waals surface area contributed by atoms with Crippen molar-refractivity contribution < 1.29 is 4.74 Å². The Balaban J connectivity index is 1.68. The van der Waals surface area contributed by atoms with Crippen LogP contribution < -0.4 is 0 Å². The third-order valence-corrected chi connectivity index (χ3v) is 4.15. The predicted molar refractivity (Wildman–Crippen MR) is 85.5 cm³/mol. The minimum absolute atomic E-state index is 0.130. The van der Waals surface area contributed by atoms with Gasteiger partial charge in [0, 0.05) is 18.5 Å². The quantitative estimate of drug-likeness (QED) is 0.943. The molecule has 3 rings (SSSR count). The first kappa shape index (κ1) is 15.2. The first-order chi connectivity index (χ1) is 10.6. The molecule has 2 atom stereocenters. The molecule has 0 saturated carbocycles. The number of nitrogens with one attached hydrogen (secondary N) is 1. The Kier molecular flexibility index (Phi) is 4.55. The van der Waals surface area contributed by atoms with E-state index >= 15 is 0 Å². The van der Waals surface area contributed by atoms with Crippen LogP contribution in [0.15, 0.2) is 30.3 Å². The Bertz CT molecular complexity index is 596. The molecular weight excluding hydrogens is 276 g/mol. The highest BCUT2D eigenvalue weighted by Crippen LogP contribution is 2.25. The van der Waals surface area contributed by atoms with Crippen molar-refractivity contribution in [3.8, 4) is 0 Å². The van der Waals surface area contributed by atoms with Gasteiger partial charge in [0.15, 0.2) is 5.82 Å². The summed E-state index contributed by atoms with van der Waals surface area (Å²) in [6.45, 7) is 8.81. The summed E-state index contributed by atoms with van der Waals surface area (Å²) in [6.07, 6.45) is 0.130. The zero-order valence-corrected chi connectivity index (χ0v) is 13.5. The Labute approximate surface area is 131 Å². The molecule has 5 nitrogen and oxygen atoms in total. The van der Waals surface area contributed by atoms with Crippen molar-refractivity contribution >= 4 is 0 Å². The van der Waals surface area contributed by atoms with Crippen LogP contribution in [0.3, 0.4) is 0 Å². The Hall–Kier alpha value is -1.72. The van der Waals surface area contributed by atoms with Gasteiger partial charge in [0.2, 0.25) is 0 Å². The van der Waals surface area contributed by atoms with E-state index < -0.39 is 0 Å². The average Bonchev–Trinajstić information content (AvgIpc) is 2.99. The van der Waals surface area contributed by atoms with Crippen LogP contribution >= 0.6 is 0 Å². The van der Waals surface area contributed by atoms with Crippen molar-refractivity contribution in [3.05, 3.63) is 47.5 Å². The summed E-state index contributed by atoms with van der Waals surface area (Å²) in [5.74, 6) is 2.17. The molecule has 1 saturated heterocycles. The van der Waals surface area contributed by atoms with Crippen molar-refractivity contribution in [3.63, 3.8) is 0 Å². The Morgan fingerprint density at radius 3 is 2.77 bits per heavy atom. The molecule has 0 spiro atoms. The monoisotopic (exact) mass is 300 g/mol. The molecule has 22 heavy (non-hydrogen) atoms. The van der Waals surface area contributed by atoms with Gasteiger partial charge in [-0.1, -0.05) is 44.2 Å². The lowest BCUT2D eigenvalue weighted by molar-refractivity contribution is -0.0640. The largest absolute Gasteiger partial charge is 0.371 e. The second kappa shape index (κ2) is 6.58. The molecular formula is C17H24N4O. The lowest BCUT2D eigenvalue weighted by Gasteiger charge is -2.37. The standard InChI is InChI=1S/C17H24N4O/c1-12(2)17-18-16(19-20-17)10-21-9-15(22-11-13(21)3)14-7-5-4-6-8-14/h4-8,12-13,15H,9-11H2,1-3H3,(H,18,19,20)/t13-,15+/m0/s1. The normalized spacial score (nSPS) is 23.1. The first-order valence-electron chi connectivity index (χ1n) is 7.95. The minimum Gasteiger partial charge on any atom is -0.371 e. The van der Waals surface area contributed by atoms with E-state index in [1.807, 2.05) is 6.07 Å². The molecule has 118 valence electrons. The third-order valence-electron chi connectivity index (χ3n) is 4.15. The maximum atomic E-state index is 6.00. The van der Waals surface area contributed by atoms with Crippen molar-refractivity contribution in [1.82, 2.24) is 20.1 Å². The summed E-state index contributed by atoms with van der Waals surface area (Å²) in [6, 6.07) is 10.8.